The van der Waals surface area contributed by atoms with Crippen LogP contribution in [0.1, 0.15) is 30.7 Å². The van der Waals surface area contributed by atoms with Crippen molar-refractivity contribution in [1.82, 2.24) is 14.9 Å². The number of fused-ring (bicyclic) bond motifs is 1. The van der Waals surface area contributed by atoms with Crippen molar-refractivity contribution in [3.05, 3.63) is 50.4 Å². The van der Waals surface area contributed by atoms with Crippen LogP contribution in [0.25, 0.3) is 0 Å². The highest BCUT2D eigenvalue weighted by Gasteiger charge is 2.27. The average molecular weight is 405 g/mol. The Bertz CT molecular complexity index is 922. The lowest BCUT2D eigenvalue weighted by molar-refractivity contribution is -0.00576. The van der Waals surface area contributed by atoms with E-state index in [1.807, 2.05) is 13.8 Å². The average Bonchev–Trinajstić information content (AvgIpc) is 2.63. The molecule has 0 bridgehead atoms. The molecule has 1 saturated heterocycles. The van der Waals surface area contributed by atoms with Gasteiger partial charge in [0.25, 0.3) is 5.56 Å². The van der Waals surface area contributed by atoms with Crippen LogP contribution in [0.5, 0.6) is 5.75 Å². The molecule has 0 spiro atoms. The quantitative estimate of drug-likeness (QED) is 0.816. The smallest absolute Gasteiger partial charge is 0.255 e. The number of anilines is 1. The third kappa shape index (κ3) is 4.01. The summed E-state index contributed by atoms with van der Waals surface area (Å²) in [4.78, 5) is 24.6. The largest absolute Gasteiger partial charge is 0.508 e. The van der Waals surface area contributed by atoms with Crippen LogP contribution in [0, 0.1) is 0 Å². The molecule has 0 aliphatic carbocycles. The highest BCUT2D eigenvalue weighted by atomic mass is 35.5. The Balaban J connectivity index is 1.56. The standard InChI is InChI=1S/C20H25ClN4O3/c1-12-8-25(9-13(2)28-12)20-22-17-11-24(6-5-16(17)19(27)23-20)10-14-7-15(21)3-4-18(14)26/h3-4,7,12-13,26H,5-6,8-11H2,1-2H3,(H,22,23,27). The van der Waals surface area contributed by atoms with Crippen molar-refractivity contribution in [3.63, 3.8) is 0 Å². The first kappa shape index (κ1) is 19.2. The molecule has 0 saturated carbocycles. The van der Waals surface area contributed by atoms with E-state index in [4.69, 9.17) is 21.3 Å². The second-order valence-electron chi connectivity index (χ2n) is 7.71. The fourth-order valence-electron chi connectivity index (χ4n) is 4.04. The summed E-state index contributed by atoms with van der Waals surface area (Å²) >= 11 is 6.06. The van der Waals surface area contributed by atoms with Gasteiger partial charge in [-0.25, -0.2) is 4.98 Å². The van der Waals surface area contributed by atoms with E-state index in [0.717, 1.165) is 23.4 Å². The normalized spacial score (nSPS) is 22.9. The molecular weight excluding hydrogens is 380 g/mol. The second-order valence-corrected chi connectivity index (χ2v) is 8.15. The highest BCUT2D eigenvalue weighted by Crippen LogP contribution is 2.25. The molecule has 2 aliphatic rings. The van der Waals surface area contributed by atoms with Gasteiger partial charge in [-0.3, -0.25) is 14.7 Å². The summed E-state index contributed by atoms with van der Waals surface area (Å²) in [5.74, 6) is 0.837. The van der Waals surface area contributed by atoms with Gasteiger partial charge in [0.2, 0.25) is 5.95 Å². The van der Waals surface area contributed by atoms with Gasteiger partial charge in [-0.1, -0.05) is 11.6 Å². The first-order chi connectivity index (χ1) is 13.4. The van der Waals surface area contributed by atoms with Crippen LogP contribution >= 0.6 is 11.6 Å². The van der Waals surface area contributed by atoms with Crippen LogP contribution < -0.4 is 10.5 Å². The molecular formula is C20H25ClN4O3. The van der Waals surface area contributed by atoms with Gasteiger partial charge < -0.3 is 14.7 Å². The number of aromatic nitrogens is 2. The zero-order valence-electron chi connectivity index (χ0n) is 16.1. The monoisotopic (exact) mass is 404 g/mol. The van der Waals surface area contributed by atoms with Gasteiger partial charge in [-0.05, 0) is 38.5 Å². The summed E-state index contributed by atoms with van der Waals surface area (Å²) < 4.78 is 5.78. The second kappa shape index (κ2) is 7.73. The van der Waals surface area contributed by atoms with Gasteiger partial charge in [0.15, 0.2) is 0 Å². The number of morpholine rings is 1. The number of benzene rings is 1. The molecule has 0 amide bonds. The fourth-order valence-corrected chi connectivity index (χ4v) is 4.23. The Kier molecular flexibility index (Phi) is 5.31. The number of H-pyrrole nitrogens is 1. The molecule has 2 aliphatic heterocycles. The van der Waals surface area contributed by atoms with Crippen molar-refractivity contribution in [2.24, 2.45) is 0 Å². The number of hydrogen-bond donors (Lipinski definition) is 2. The van der Waals surface area contributed by atoms with Crippen LogP contribution in [0.4, 0.5) is 5.95 Å². The van der Waals surface area contributed by atoms with E-state index in [1.54, 1.807) is 18.2 Å². The molecule has 2 N–H and O–H groups in total. The number of aromatic hydroxyl groups is 1. The number of phenols is 1. The summed E-state index contributed by atoms with van der Waals surface area (Å²) in [5, 5.41) is 10.7. The van der Waals surface area contributed by atoms with Gasteiger partial charge in [-0.15, -0.1) is 0 Å². The molecule has 1 fully saturated rings. The van der Waals surface area contributed by atoms with Crippen molar-refractivity contribution >= 4 is 17.5 Å². The third-order valence-electron chi connectivity index (χ3n) is 5.29. The van der Waals surface area contributed by atoms with Crippen LogP contribution in [0.2, 0.25) is 5.02 Å². The summed E-state index contributed by atoms with van der Waals surface area (Å²) in [6, 6.07) is 5.06. The van der Waals surface area contributed by atoms with Gasteiger partial charge in [-0.2, -0.15) is 0 Å². The number of rotatable bonds is 3. The molecule has 1 aromatic carbocycles. The first-order valence-electron chi connectivity index (χ1n) is 9.61. The maximum Gasteiger partial charge on any atom is 0.255 e. The predicted octanol–water partition coefficient (Wildman–Crippen LogP) is 2.30. The molecule has 0 radical (unpaired) electrons. The minimum Gasteiger partial charge on any atom is -0.508 e. The molecule has 4 rings (SSSR count). The predicted molar refractivity (Wildman–Crippen MR) is 108 cm³/mol. The van der Waals surface area contributed by atoms with Crippen LogP contribution in [-0.2, 0) is 24.2 Å². The summed E-state index contributed by atoms with van der Waals surface area (Å²) in [5.41, 5.74) is 2.27. The van der Waals surface area contributed by atoms with Crippen LogP contribution in [0.3, 0.4) is 0 Å². The molecule has 8 heteroatoms. The molecule has 28 heavy (non-hydrogen) atoms. The van der Waals surface area contributed by atoms with E-state index < -0.39 is 0 Å². The number of hydrogen-bond acceptors (Lipinski definition) is 6. The lowest BCUT2D eigenvalue weighted by Gasteiger charge is -2.36. The Morgan fingerprint density at radius 3 is 2.82 bits per heavy atom. The summed E-state index contributed by atoms with van der Waals surface area (Å²) in [6.07, 6.45) is 0.814. The molecule has 2 aromatic rings. The van der Waals surface area contributed by atoms with Gasteiger partial charge >= 0.3 is 0 Å². The summed E-state index contributed by atoms with van der Waals surface area (Å²) in [7, 11) is 0. The Hall–Kier alpha value is -2.09. The zero-order chi connectivity index (χ0) is 19.8. The minimum absolute atomic E-state index is 0.0583. The Morgan fingerprint density at radius 2 is 2.07 bits per heavy atom. The number of nitrogens with one attached hydrogen (secondary N) is 1. The Labute approximate surface area is 168 Å². The van der Waals surface area contributed by atoms with E-state index in [9.17, 15) is 9.90 Å². The van der Waals surface area contributed by atoms with E-state index in [1.165, 1.54) is 0 Å². The van der Waals surface area contributed by atoms with Crippen molar-refractivity contribution in [2.75, 3.05) is 24.5 Å². The number of ether oxygens (including phenoxy) is 1. The number of halogens is 1. The molecule has 1 aromatic heterocycles. The van der Waals surface area contributed by atoms with E-state index in [0.29, 0.717) is 43.6 Å². The third-order valence-corrected chi connectivity index (χ3v) is 5.53. The van der Waals surface area contributed by atoms with Crippen molar-refractivity contribution in [3.8, 4) is 5.75 Å². The van der Waals surface area contributed by atoms with Gasteiger partial charge in [0.05, 0.1) is 17.9 Å². The molecule has 3 heterocycles. The van der Waals surface area contributed by atoms with E-state index in [-0.39, 0.29) is 23.5 Å². The van der Waals surface area contributed by atoms with Crippen LogP contribution in [-0.4, -0.2) is 51.8 Å². The minimum atomic E-state index is -0.0583. The maximum absolute atomic E-state index is 12.6. The van der Waals surface area contributed by atoms with Gasteiger partial charge in [0.1, 0.15) is 5.75 Å². The number of nitrogens with zero attached hydrogens (tertiary/aromatic N) is 3. The van der Waals surface area contributed by atoms with E-state index >= 15 is 0 Å². The topological polar surface area (TPSA) is 81.7 Å². The van der Waals surface area contributed by atoms with E-state index in [2.05, 4.69) is 14.8 Å². The number of phenolic OH excluding ortho intramolecular Hbond substituents is 1. The first-order valence-corrected chi connectivity index (χ1v) is 9.99. The van der Waals surface area contributed by atoms with Crippen molar-refractivity contribution in [2.45, 2.75) is 45.6 Å². The molecule has 2 atom stereocenters. The lowest BCUT2D eigenvalue weighted by atomic mass is 10.1. The molecule has 150 valence electrons. The SMILES string of the molecule is CC1CN(c2nc3c(c(=O)[nH]2)CCN(Cc2cc(Cl)ccc2O)C3)CC(C)O1. The number of aromatic amines is 1. The maximum atomic E-state index is 12.6. The van der Waals surface area contributed by atoms with Gasteiger partial charge in [0, 0.05) is 48.9 Å². The molecule has 7 nitrogen and oxygen atoms in total. The van der Waals surface area contributed by atoms with Crippen LogP contribution in [0.15, 0.2) is 23.0 Å². The Morgan fingerprint density at radius 1 is 1.32 bits per heavy atom. The lowest BCUT2D eigenvalue weighted by Crippen LogP contribution is -2.47. The highest BCUT2D eigenvalue weighted by molar-refractivity contribution is 6.30. The fraction of sp³-hybridized carbons (Fsp3) is 0.500. The van der Waals surface area contributed by atoms with Crippen molar-refractivity contribution in [1.29, 1.82) is 0 Å². The van der Waals surface area contributed by atoms with Crippen molar-refractivity contribution < 1.29 is 9.84 Å². The zero-order valence-corrected chi connectivity index (χ0v) is 16.9. The summed E-state index contributed by atoms with van der Waals surface area (Å²) in [6.45, 7) is 7.30. The molecule has 2 unspecified atom stereocenters.